The van der Waals surface area contributed by atoms with Crippen LogP contribution in [0.3, 0.4) is 0 Å². The number of nitrogens with zero attached hydrogens (tertiary/aromatic N) is 2. The SMILES string of the molecule is NC(=O)[C@H]1CCN(CC(=O)N(Cc2cccs2)C2CC2)C1. The molecular formula is C15H21N3O2S. The Balaban J connectivity index is 1.56. The second kappa shape index (κ2) is 6.15. The van der Waals surface area contributed by atoms with Crippen molar-refractivity contribution in [1.29, 1.82) is 0 Å². The molecular weight excluding hydrogens is 286 g/mol. The third kappa shape index (κ3) is 3.63. The molecule has 6 heteroatoms. The summed E-state index contributed by atoms with van der Waals surface area (Å²) in [5.74, 6) is -0.164. The zero-order chi connectivity index (χ0) is 14.8. The van der Waals surface area contributed by atoms with Gasteiger partial charge in [-0.2, -0.15) is 0 Å². The summed E-state index contributed by atoms with van der Waals surface area (Å²) in [6.45, 7) is 2.54. The Kier molecular flexibility index (Phi) is 4.26. The number of hydrogen-bond acceptors (Lipinski definition) is 4. The van der Waals surface area contributed by atoms with Crippen LogP contribution in [0.5, 0.6) is 0 Å². The third-order valence-electron chi connectivity index (χ3n) is 4.25. The Hall–Kier alpha value is -1.40. The molecule has 1 aromatic heterocycles. The smallest absolute Gasteiger partial charge is 0.237 e. The molecule has 2 fully saturated rings. The summed E-state index contributed by atoms with van der Waals surface area (Å²) >= 11 is 1.69. The van der Waals surface area contributed by atoms with Gasteiger partial charge in [-0.05, 0) is 37.3 Å². The molecule has 1 aliphatic heterocycles. The van der Waals surface area contributed by atoms with Gasteiger partial charge in [-0.1, -0.05) is 6.07 Å². The van der Waals surface area contributed by atoms with Gasteiger partial charge in [0.1, 0.15) is 0 Å². The van der Waals surface area contributed by atoms with Crippen molar-refractivity contribution in [2.45, 2.75) is 31.8 Å². The molecule has 21 heavy (non-hydrogen) atoms. The predicted octanol–water partition coefficient (Wildman–Crippen LogP) is 1.05. The number of amides is 2. The maximum atomic E-state index is 12.6. The van der Waals surface area contributed by atoms with Gasteiger partial charge in [-0.15, -0.1) is 11.3 Å². The molecule has 2 amide bonds. The lowest BCUT2D eigenvalue weighted by molar-refractivity contribution is -0.133. The minimum absolute atomic E-state index is 0.0931. The van der Waals surface area contributed by atoms with Crippen LogP contribution in [-0.4, -0.2) is 47.3 Å². The van der Waals surface area contributed by atoms with Gasteiger partial charge in [-0.3, -0.25) is 14.5 Å². The number of nitrogens with two attached hydrogens (primary N) is 1. The quantitative estimate of drug-likeness (QED) is 0.854. The van der Waals surface area contributed by atoms with Crippen molar-refractivity contribution >= 4 is 23.2 Å². The summed E-state index contributed by atoms with van der Waals surface area (Å²) in [4.78, 5) is 29.0. The topological polar surface area (TPSA) is 66.6 Å². The average molecular weight is 307 g/mol. The summed E-state index contributed by atoms with van der Waals surface area (Å²) < 4.78 is 0. The number of primary amides is 1. The van der Waals surface area contributed by atoms with Gasteiger partial charge in [0, 0.05) is 17.5 Å². The minimum Gasteiger partial charge on any atom is -0.369 e. The first-order valence-electron chi connectivity index (χ1n) is 7.47. The fourth-order valence-corrected chi connectivity index (χ4v) is 3.57. The van der Waals surface area contributed by atoms with Crippen LogP contribution in [-0.2, 0) is 16.1 Å². The molecule has 3 rings (SSSR count). The summed E-state index contributed by atoms with van der Waals surface area (Å²) in [7, 11) is 0. The molecule has 2 aliphatic rings. The highest BCUT2D eigenvalue weighted by atomic mass is 32.1. The number of rotatable bonds is 6. The summed E-state index contributed by atoms with van der Waals surface area (Å²) in [5.41, 5.74) is 5.34. The monoisotopic (exact) mass is 307 g/mol. The zero-order valence-electron chi connectivity index (χ0n) is 12.0. The van der Waals surface area contributed by atoms with Crippen LogP contribution in [0.2, 0.25) is 0 Å². The fraction of sp³-hybridized carbons (Fsp3) is 0.600. The Morgan fingerprint density at radius 2 is 2.19 bits per heavy atom. The molecule has 1 aliphatic carbocycles. The van der Waals surface area contributed by atoms with Gasteiger partial charge < -0.3 is 10.6 Å². The molecule has 5 nitrogen and oxygen atoms in total. The lowest BCUT2D eigenvalue weighted by Crippen LogP contribution is -2.40. The molecule has 2 heterocycles. The molecule has 0 spiro atoms. The Labute approximate surface area is 128 Å². The second-order valence-electron chi connectivity index (χ2n) is 5.96. The molecule has 1 aromatic rings. The van der Waals surface area contributed by atoms with Crippen molar-refractivity contribution < 1.29 is 9.59 Å². The molecule has 114 valence electrons. The largest absolute Gasteiger partial charge is 0.369 e. The molecule has 1 saturated carbocycles. The van der Waals surface area contributed by atoms with E-state index >= 15 is 0 Å². The fourth-order valence-electron chi connectivity index (χ4n) is 2.87. The normalized spacial score (nSPS) is 22.4. The van der Waals surface area contributed by atoms with Gasteiger partial charge in [0.2, 0.25) is 11.8 Å². The van der Waals surface area contributed by atoms with E-state index < -0.39 is 0 Å². The van der Waals surface area contributed by atoms with Crippen LogP contribution < -0.4 is 5.73 Å². The number of carbonyl (C=O) groups excluding carboxylic acids is 2. The van der Waals surface area contributed by atoms with Crippen molar-refractivity contribution in [3.63, 3.8) is 0 Å². The Morgan fingerprint density at radius 1 is 1.38 bits per heavy atom. The van der Waals surface area contributed by atoms with Crippen molar-refractivity contribution in [3.8, 4) is 0 Å². The third-order valence-corrected chi connectivity index (χ3v) is 5.11. The molecule has 0 bridgehead atoms. The number of thiophene rings is 1. The Bertz CT molecular complexity index is 513. The number of carbonyl (C=O) groups is 2. The number of hydrogen-bond donors (Lipinski definition) is 1. The van der Waals surface area contributed by atoms with Crippen LogP contribution in [0.4, 0.5) is 0 Å². The van der Waals surface area contributed by atoms with Crippen LogP contribution in [0.15, 0.2) is 17.5 Å². The van der Waals surface area contributed by atoms with E-state index in [1.807, 2.05) is 16.3 Å². The van der Waals surface area contributed by atoms with E-state index in [0.29, 0.717) is 25.7 Å². The second-order valence-corrected chi connectivity index (χ2v) is 6.99. The van der Waals surface area contributed by atoms with Crippen LogP contribution in [0.25, 0.3) is 0 Å². The highest BCUT2D eigenvalue weighted by molar-refractivity contribution is 7.09. The summed E-state index contributed by atoms with van der Waals surface area (Å²) in [5, 5.41) is 2.04. The van der Waals surface area contributed by atoms with Crippen molar-refractivity contribution in [1.82, 2.24) is 9.80 Å². The van der Waals surface area contributed by atoms with E-state index in [0.717, 1.165) is 25.8 Å². The highest BCUT2D eigenvalue weighted by Crippen LogP contribution is 2.29. The van der Waals surface area contributed by atoms with Crippen molar-refractivity contribution in [3.05, 3.63) is 22.4 Å². The van der Waals surface area contributed by atoms with Gasteiger partial charge in [0.25, 0.3) is 0 Å². The minimum atomic E-state index is -0.248. The maximum Gasteiger partial charge on any atom is 0.237 e. The first kappa shape index (κ1) is 14.5. The lowest BCUT2D eigenvalue weighted by atomic mass is 10.1. The van der Waals surface area contributed by atoms with E-state index in [-0.39, 0.29) is 17.7 Å². The van der Waals surface area contributed by atoms with Crippen molar-refractivity contribution in [2.75, 3.05) is 19.6 Å². The molecule has 0 radical (unpaired) electrons. The number of likely N-dealkylation sites (tertiary alicyclic amines) is 1. The summed E-state index contributed by atoms with van der Waals surface area (Å²) in [6, 6.07) is 4.51. The first-order chi connectivity index (χ1) is 10.1. The Morgan fingerprint density at radius 3 is 2.76 bits per heavy atom. The van der Waals surface area contributed by atoms with Gasteiger partial charge in [0.05, 0.1) is 19.0 Å². The van der Waals surface area contributed by atoms with Crippen molar-refractivity contribution in [2.24, 2.45) is 11.7 Å². The molecule has 0 unspecified atom stereocenters. The first-order valence-corrected chi connectivity index (χ1v) is 8.35. The van der Waals surface area contributed by atoms with E-state index in [4.69, 9.17) is 5.73 Å². The van der Waals surface area contributed by atoms with Crippen LogP contribution in [0, 0.1) is 5.92 Å². The van der Waals surface area contributed by atoms with Gasteiger partial charge >= 0.3 is 0 Å². The van der Waals surface area contributed by atoms with Crippen LogP contribution in [0.1, 0.15) is 24.1 Å². The highest BCUT2D eigenvalue weighted by Gasteiger charge is 2.35. The molecule has 2 N–H and O–H groups in total. The van der Waals surface area contributed by atoms with Crippen LogP contribution >= 0.6 is 11.3 Å². The standard InChI is InChI=1S/C15H21N3O2S/c16-15(20)11-5-6-17(8-11)10-14(19)18(12-3-4-12)9-13-2-1-7-21-13/h1-2,7,11-12H,3-6,8-10H2,(H2,16,20)/t11-/m0/s1. The molecule has 0 aromatic carbocycles. The average Bonchev–Trinajstić information content (AvgIpc) is 2.97. The van der Waals surface area contributed by atoms with E-state index in [1.165, 1.54) is 4.88 Å². The summed E-state index contributed by atoms with van der Waals surface area (Å²) in [6.07, 6.45) is 3.00. The van der Waals surface area contributed by atoms with Gasteiger partial charge in [0.15, 0.2) is 0 Å². The van der Waals surface area contributed by atoms with E-state index in [9.17, 15) is 9.59 Å². The lowest BCUT2D eigenvalue weighted by Gasteiger charge is -2.25. The molecule has 1 saturated heterocycles. The predicted molar refractivity (Wildman–Crippen MR) is 81.6 cm³/mol. The maximum absolute atomic E-state index is 12.6. The van der Waals surface area contributed by atoms with Gasteiger partial charge in [-0.25, -0.2) is 0 Å². The zero-order valence-corrected chi connectivity index (χ0v) is 12.8. The molecule has 1 atom stereocenters. The van der Waals surface area contributed by atoms with E-state index in [2.05, 4.69) is 11.0 Å². The van der Waals surface area contributed by atoms with E-state index in [1.54, 1.807) is 11.3 Å².